The molecule has 3 rings (SSSR count). The number of anilines is 1. The van der Waals surface area contributed by atoms with E-state index in [9.17, 15) is 31.1 Å². The van der Waals surface area contributed by atoms with Gasteiger partial charge in [0.15, 0.2) is 0 Å². The van der Waals surface area contributed by atoms with E-state index in [1.54, 1.807) is 6.92 Å². The average molecular weight is 544 g/mol. The summed E-state index contributed by atoms with van der Waals surface area (Å²) in [5, 5.41) is 9.74. The van der Waals surface area contributed by atoms with Gasteiger partial charge in [-0.25, -0.2) is 25.5 Å². The zero-order valence-electron chi connectivity index (χ0n) is 20.4. The molecule has 1 aliphatic rings. The summed E-state index contributed by atoms with van der Waals surface area (Å²) in [4.78, 5) is 14.8. The van der Waals surface area contributed by atoms with Crippen LogP contribution in [0.4, 0.5) is 10.1 Å². The average Bonchev–Trinajstić information content (AvgIpc) is 2.80. The number of nitrogens with zero attached hydrogens (tertiary/aromatic N) is 2. The maximum atomic E-state index is 13.5. The van der Waals surface area contributed by atoms with Crippen molar-refractivity contribution in [3.05, 3.63) is 53.8 Å². The van der Waals surface area contributed by atoms with Gasteiger partial charge >= 0.3 is 0 Å². The van der Waals surface area contributed by atoms with E-state index >= 15 is 0 Å². The number of rotatable bonds is 8. The lowest BCUT2D eigenvalue weighted by molar-refractivity contribution is 0.0387. The van der Waals surface area contributed by atoms with Crippen LogP contribution in [0.5, 0.6) is 5.75 Å². The Morgan fingerprint density at radius 2 is 1.83 bits per heavy atom. The molecule has 1 aliphatic heterocycles. The molecular formula is C23H30FN3O7S2. The summed E-state index contributed by atoms with van der Waals surface area (Å²) in [5.41, 5.74) is 0.124. The van der Waals surface area contributed by atoms with E-state index in [1.807, 2.05) is 6.92 Å². The summed E-state index contributed by atoms with van der Waals surface area (Å²) < 4.78 is 72.3. The monoisotopic (exact) mass is 543 g/mol. The fourth-order valence-electron chi connectivity index (χ4n) is 3.72. The Morgan fingerprint density at radius 1 is 1.19 bits per heavy atom. The van der Waals surface area contributed by atoms with Gasteiger partial charge in [-0.05, 0) is 49.4 Å². The highest BCUT2D eigenvalue weighted by Gasteiger charge is 2.34. The largest absolute Gasteiger partial charge is 0.488 e. The number of ether oxygens (including phenoxy) is 1. The van der Waals surface area contributed by atoms with E-state index < -0.39 is 43.9 Å². The van der Waals surface area contributed by atoms with Gasteiger partial charge in [0.1, 0.15) is 17.7 Å². The first kappa shape index (κ1) is 27.8. The molecule has 0 aliphatic carbocycles. The molecule has 1 heterocycles. The molecule has 13 heteroatoms. The van der Waals surface area contributed by atoms with Gasteiger partial charge < -0.3 is 14.7 Å². The summed E-state index contributed by atoms with van der Waals surface area (Å²) in [6, 6.07) is 7.90. The first-order valence-electron chi connectivity index (χ1n) is 11.1. The lowest BCUT2D eigenvalue weighted by atomic mass is 9.99. The fourth-order valence-corrected chi connectivity index (χ4v) is 5.19. The minimum Gasteiger partial charge on any atom is -0.488 e. The van der Waals surface area contributed by atoms with Crippen LogP contribution in [-0.2, 0) is 20.0 Å². The Kier molecular flexibility index (Phi) is 8.28. The van der Waals surface area contributed by atoms with Crippen molar-refractivity contribution >= 4 is 31.6 Å². The molecule has 0 bridgehead atoms. The summed E-state index contributed by atoms with van der Waals surface area (Å²) in [6.45, 7) is 3.38. The topological polar surface area (TPSA) is 133 Å². The van der Waals surface area contributed by atoms with Gasteiger partial charge in [-0.3, -0.25) is 9.52 Å². The third kappa shape index (κ3) is 6.33. The van der Waals surface area contributed by atoms with E-state index in [0.29, 0.717) is 0 Å². The predicted octanol–water partition coefficient (Wildman–Crippen LogP) is 1.74. The van der Waals surface area contributed by atoms with Crippen molar-refractivity contribution in [2.45, 2.75) is 30.9 Å². The maximum Gasteiger partial charge on any atom is 0.261 e. The number of hydrogen-bond acceptors (Lipinski definition) is 7. The summed E-state index contributed by atoms with van der Waals surface area (Å²) in [7, 11) is -6.14. The van der Waals surface area contributed by atoms with E-state index in [1.165, 1.54) is 30.1 Å². The Morgan fingerprint density at radius 3 is 2.42 bits per heavy atom. The molecule has 0 spiro atoms. The van der Waals surface area contributed by atoms with Crippen molar-refractivity contribution in [2.24, 2.45) is 5.92 Å². The number of benzene rings is 2. The molecule has 0 fully saturated rings. The molecular weight excluding hydrogens is 513 g/mol. The number of amides is 1. The maximum absolute atomic E-state index is 13.5. The highest BCUT2D eigenvalue weighted by Crippen LogP contribution is 2.31. The number of fused-ring (bicyclic) bond motifs is 1. The molecule has 36 heavy (non-hydrogen) atoms. The van der Waals surface area contributed by atoms with E-state index in [4.69, 9.17) is 4.74 Å². The van der Waals surface area contributed by atoms with Crippen molar-refractivity contribution in [3.63, 3.8) is 0 Å². The van der Waals surface area contributed by atoms with Crippen LogP contribution in [0, 0.1) is 11.7 Å². The fraction of sp³-hybridized carbons (Fsp3) is 0.435. The molecule has 0 radical (unpaired) electrons. The Labute approximate surface area is 210 Å². The second-order valence-corrected chi connectivity index (χ2v) is 12.7. The van der Waals surface area contributed by atoms with Crippen LogP contribution >= 0.6 is 0 Å². The van der Waals surface area contributed by atoms with E-state index in [0.717, 1.165) is 34.8 Å². The number of sulfonamides is 2. The summed E-state index contributed by atoms with van der Waals surface area (Å²) in [5.74, 6) is -1.20. The minimum absolute atomic E-state index is 0.0217. The third-order valence-corrected chi connectivity index (χ3v) is 8.72. The highest BCUT2D eigenvalue weighted by atomic mass is 32.2. The van der Waals surface area contributed by atoms with Crippen LogP contribution in [0.15, 0.2) is 47.4 Å². The number of carbonyl (C=O) groups excluding carboxylic acids is 1. The number of likely N-dealkylation sites (N-methyl/N-ethyl adjacent to an activating group) is 1. The molecule has 2 aromatic carbocycles. The smallest absolute Gasteiger partial charge is 0.261 e. The number of carbonyl (C=O) groups is 1. The van der Waals surface area contributed by atoms with Gasteiger partial charge in [-0.1, -0.05) is 6.92 Å². The van der Waals surface area contributed by atoms with Crippen molar-refractivity contribution in [3.8, 4) is 5.75 Å². The van der Waals surface area contributed by atoms with Crippen LogP contribution in [0.2, 0.25) is 0 Å². The molecule has 0 saturated carbocycles. The lowest BCUT2D eigenvalue weighted by Gasteiger charge is -2.38. The van der Waals surface area contributed by atoms with Crippen molar-refractivity contribution < 1.29 is 35.9 Å². The van der Waals surface area contributed by atoms with Crippen LogP contribution in [-0.4, -0.2) is 82.2 Å². The number of nitrogens with one attached hydrogen (secondary N) is 1. The zero-order valence-corrected chi connectivity index (χ0v) is 22.0. The van der Waals surface area contributed by atoms with Gasteiger partial charge in [0.05, 0.1) is 35.9 Å². The normalized spacial score (nSPS) is 19.8. The van der Waals surface area contributed by atoms with Gasteiger partial charge in [-0.2, -0.15) is 0 Å². The quantitative estimate of drug-likeness (QED) is 0.518. The van der Waals surface area contributed by atoms with Crippen LogP contribution in [0.25, 0.3) is 0 Å². The molecule has 0 aromatic heterocycles. The molecule has 198 valence electrons. The molecule has 0 unspecified atom stereocenters. The Bertz CT molecular complexity index is 1320. The molecule has 1 amide bonds. The van der Waals surface area contributed by atoms with E-state index in [-0.39, 0.29) is 47.5 Å². The van der Waals surface area contributed by atoms with Gasteiger partial charge in [0.2, 0.25) is 10.0 Å². The van der Waals surface area contributed by atoms with Crippen molar-refractivity contribution in [1.82, 2.24) is 9.21 Å². The molecule has 2 N–H and O–H groups in total. The highest BCUT2D eigenvalue weighted by molar-refractivity contribution is 7.92. The van der Waals surface area contributed by atoms with Gasteiger partial charge in [-0.15, -0.1) is 0 Å². The van der Waals surface area contributed by atoms with Crippen LogP contribution < -0.4 is 9.46 Å². The molecule has 10 nitrogen and oxygen atoms in total. The second-order valence-electron chi connectivity index (χ2n) is 8.94. The second kappa shape index (κ2) is 10.7. The number of aliphatic hydroxyl groups is 1. The van der Waals surface area contributed by atoms with Crippen LogP contribution in [0.1, 0.15) is 24.2 Å². The first-order chi connectivity index (χ1) is 16.7. The lowest BCUT2D eigenvalue weighted by Crippen LogP contribution is -2.50. The zero-order chi connectivity index (χ0) is 26.8. The number of hydrogen-bond donors (Lipinski definition) is 2. The van der Waals surface area contributed by atoms with E-state index in [2.05, 4.69) is 4.72 Å². The molecule has 0 saturated heterocycles. The summed E-state index contributed by atoms with van der Waals surface area (Å²) in [6.07, 6.45) is 0.448. The van der Waals surface area contributed by atoms with Gasteiger partial charge in [0, 0.05) is 25.2 Å². The predicted molar refractivity (Wildman–Crippen MR) is 132 cm³/mol. The minimum atomic E-state index is -4.07. The Hall–Kier alpha value is -2.74. The molecule has 3 atom stereocenters. The number of aliphatic hydroxyl groups excluding tert-OH is 1. The Balaban J connectivity index is 2.01. The number of halogens is 1. The molecule has 2 aromatic rings. The summed E-state index contributed by atoms with van der Waals surface area (Å²) >= 11 is 0. The van der Waals surface area contributed by atoms with Crippen molar-refractivity contribution in [2.75, 3.05) is 37.7 Å². The van der Waals surface area contributed by atoms with Crippen LogP contribution in [0.3, 0.4) is 0 Å². The standard InChI is InChI=1S/C23H30FN3O7S2/c1-15-12-27(16(2)14-28)23(29)20-11-18(25-36(32,33)19-8-5-17(24)6-9-19)7-10-21(20)34-22(15)13-26(3)35(4,30)31/h5-11,15-16,22,25,28H,12-14H2,1-4H3/t15-,16+,22-/m0/s1. The van der Waals surface area contributed by atoms with Crippen molar-refractivity contribution in [1.29, 1.82) is 0 Å². The SMILES string of the molecule is C[C@H](CO)N1C[C@H](C)[C@H](CN(C)S(C)(=O)=O)Oc2ccc(NS(=O)(=O)c3ccc(F)cc3)cc2C1=O. The van der Waals surface area contributed by atoms with Gasteiger partial charge in [0.25, 0.3) is 15.9 Å². The first-order valence-corrected chi connectivity index (χ1v) is 14.5. The third-order valence-electron chi connectivity index (χ3n) is 6.04.